The number of hydrogen-bond acceptors (Lipinski definition) is 6. The minimum absolute atomic E-state index is 0. The molecule has 6 nitrogen and oxygen atoms in total. The van der Waals surface area contributed by atoms with Gasteiger partial charge in [0.1, 0.15) is 0 Å². The fraction of sp³-hybridized carbons (Fsp3) is 0. The molecular weight excluding hydrogens is 180 g/mol. The van der Waals surface area contributed by atoms with Crippen LogP contribution in [0.1, 0.15) is 0 Å². The third kappa shape index (κ3) is 1080. The molecule has 0 unspecified atom stereocenters. The van der Waals surface area contributed by atoms with Crippen LogP contribution in [0.2, 0.25) is 0 Å². The van der Waals surface area contributed by atoms with Crippen LogP contribution in [0.3, 0.4) is 0 Å². The molecule has 0 aromatic heterocycles. The Morgan fingerprint density at radius 1 is 0.778 bits per heavy atom. The van der Waals surface area contributed by atoms with Gasteiger partial charge >= 0.3 is 23.1 Å². The van der Waals surface area contributed by atoms with Crippen molar-refractivity contribution in [3.8, 4) is 0 Å². The standard InChI is InChI=1S/Mg.2H2NO2S/c;2*1-4(2)3/h;2*(H2,1,2,3)/q+2;2*-1. The Balaban J connectivity index is -0.0000000720. The summed E-state index contributed by atoms with van der Waals surface area (Å²) in [5.74, 6) is 0. The smallest absolute Gasteiger partial charge is 0.409 e. The summed E-state index contributed by atoms with van der Waals surface area (Å²) in [6, 6.07) is 0. The van der Waals surface area contributed by atoms with Crippen molar-refractivity contribution in [2.75, 3.05) is 0 Å². The van der Waals surface area contributed by atoms with Crippen molar-refractivity contribution >= 4 is 44.8 Å². The average molecular weight is 184 g/mol. The first-order chi connectivity index (χ1) is 3.46. The second kappa shape index (κ2) is 11.4. The molecule has 0 aromatic rings. The van der Waals surface area contributed by atoms with Gasteiger partial charge in [-0.2, -0.15) is 0 Å². The Labute approximate surface area is 71.9 Å². The van der Waals surface area contributed by atoms with Gasteiger partial charge in [-0.25, -0.2) is 0 Å². The Bertz CT molecular complexity index is 133. The van der Waals surface area contributed by atoms with Crippen LogP contribution in [0.4, 0.5) is 0 Å². The number of nitrogens with two attached hydrogens (primary N) is 2. The van der Waals surface area contributed by atoms with E-state index in [1.54, 1.807) is 0 Å². The molecule has 0 rings (SSSR count). The summed E-state index contributed by atoms with van der Waals surface area (Å²) in [5.41, 5.74) is 0. The first-order valence-electron chi connectivity index (χ1n) is 1.14. The van der Waals surface area contributed by atoms with E-state index in [0.717, 1.165) is 0 Å². The minimum atomic E-state index is -2.36. The van der Waals surface area contributed by atoms with Crippen LogP contribution in [-0.4, -0.2) is 23.1 Å². The fourth-order valence-corrected chi connectivity index (χ4v) is 0. The quantitative estimate of drug-likeness (QED) is 0.333. The van der Waals surface area contributed by atoms with E-state index >= 15 is 0 Å². The van der Waals surface area contributed by atoms with Gasteiger partial charge in [-0.1, -0.05) is 0 Å². The van der Waals surface area contributed by atoms with Gasteiger partial charge in [0, 0.05) is 0 Å². The van der Waals surface area contributed by atoms with E-state index in [1.807, 2.05) is 0 Å². The molecule has 9 heteroatoms. The Morgan fingerprint density at radius 3 is 0.778 bits per heavy atom. The van der Waals surface area contributed by atoms with Crippen LogP contribution in [0, 0.1) is 0 Å². The molecule has 0 atom stereocenters. The van der Waals surface area contributed by atoms with Crippen molar-refractivity contribution in [3.05, 3.63) is 0 Å². The zero-order valence-corrected chi connectivity index (χ0v) is 7.36. The molecule has 0 saturated heterocycles. The third-order valence-corrected chi connectivity index (χ3v) is 0. The van der Waals surface area contributed by atoms with E-state index in [0.29, 0.717) is 0 Å². The molecule has 52 valence electrons. The van der Waals surface area contributed by atoms with Crippen LogP contribution < -0.4 is 10.3 Å². The molecule has 0 aliphatic carbocycles. The predicted molar refractivity (Wildman–Crippen MR) is 31.6 cm³/mol. The van der Waals surface area contributed by atoms with Gasteiger partial charge in [-0.05, 0) is 21.8 Å². The maximum absolute atomic E-state index is 8.78. The van der Waals surface area contributed by atoms with Crippen molar-refractivity contribution in [3.63, 3.8) is 0 Å². The van der Waals surface area contributed by atoms with Crippen molar-refractivity contribution in [2.24, 2.45) is 10.3 Å². The summed E-state index contributed by atoms with van der Waals surface area (Å²) in [4.78, 5) is 0. The van der Waals surface area contributed by atoms with Crippen molar-refractivity contribution in [1.82, 2.24) is 0 Å². The van der Waals surface area contributed by atoms with Gasteiger partial charge in [-0.3, -0.25) is 0 Å². The summed E-state index contributed by atoms with van der Waals surface area (Å²) in [7, 11) is -4.72. The van der Waals surface area contributed by atoms with Crippen molar-refractivity contribution < 1.29 is 16.8 Å². The van der Waals surface area contributed by atoms with Gasteiger partial charge < -0.3 is 27.1 Å². The van der Waals surface area contributed by atoms with E-state index in [-0.39, 0.29) is 23.1 Å². The summed E-state index contributed by atoms with van der Waals surface area (Å²) >= 11 is 0. The van der Waals surface area contributed by atoms with Crippen molar-refractivity contribution in [1.29, 1.82) is 0 Å². The van der Waals surface area contributed by atoms with Crippen LogP contribution >= 0.6 is 0 Å². The molecule has 0 aliphatic rings. The van der Waals surface area contributed by atoms with Gasteiger partial charge in [0.25, 0.3) is 0 Å². The van der Waals surface area contributed by atoms with Crippen molar-refractivity contribution in [2.45, 2.75) is 0 Å². The fourth-order valence-electron chi connectivity index (χ4n) is 0. The molecule has 0 bridgehead atoms. The first kappa shape index (κ1) is 16.3. The average Bonchev–Trinajstić information content (AvgIpc) is 1.25. The topological polar surface area (TPSA) is 120 Å². The van der Waals surface area contributed by atoms with Crippen LogP contribution in [0.5, 0.6) is 0 Å². The number of rotatable bonds is 0. The predicted octanol–water partition coefficient (Wildman–Crippen LogP) is -2.04. The molecule has 0 aliphatic heterocycles. The van der Waals surface area contributed by atoms with Crippen LogP contribution in [0.25, 0.3) is 0 Å². The molecule has 9 heavy (non-hydrogen) atoms. The molecule has 0 spiro atoms. The monoisotopic (exact) mass is 184 g/mol. The molecular formula is H4MgN2O4S2. The SMILES string of the molecule is N[S-](=O)=O.N[S-](=O)=O.[Mg+2]. The van der Waals surface area contributed by atoms with E-state index in [1.165, 1.54) is 0 Å². The zero-order chi connectivity index (χ0) is 7.15. The second-order valence-electron chi connectivity index (χ2n) is 0.521. The van der Waals surface area contributed by atoms with E-state index in [4.69, 9.17) is 16.8 Å². The molecule has 0 fully saturated rings. The molecule has 0 saturated carbocycles. The van der Waals surface area contributed by atoms with E-state index in [9.17, 15) is 0 Å². The van der Waals surface area contributed by atoms with Gasteiger partial charge in [-0.15, -0.1) is 0 Å². The molecule has 0 aromatic carbocycles. The molecule has 4 N–H and O–H groups in total. The first-order valence-corrected chi connectivity index (χ1v) is 3.41. The van der Waals surface area contributed by atoms with Crippen LogP contribution in [-0.2, 0) is 38.6 Å². The summed E-state index contributed by atoms with van der Waals surface area (Å²) in [6.45, 7) is 0. The van der Waals surface area contributed by atoms with E-state index in [2.05, 4.69) is 10.3 Å². The minimum Gasteiger partial charge on any atom is -0.409 e. The third-order valence-electron chi connectivity index (χ3n) is 0. The molecule has 0 amide bonds. The van der Waals surface area contributed by atoms with Gasteiger partial charge in [0.05, 0.1) is 0 Å². The Kier molecular flexibility index (Phi) is 20.6. The molecule has 0 heterocycles. The van der Waals surface area contributed by atoms with Gasteiger partial charge in [0.2, 0.25) is 0 Å². The summed E-state index contributed by atoms with van der Waals surface area (Å²) in [6.07, 6.45) is 0. The Morgan fingerprint density at radius 2 is 0.778 bits per heavy atom. The largest absolute Gasteiger partial charge is 2.00 e. The zero-order valence-electron chi connectivity index (χ0n) is 4.31. The summed E-state index contributed by atoms with van der Waals surface area (Å²) < 4.78 is 35.1. The van der Waals surface area contributed by atoms with Gasteiger partial charge in [0.15, 0.2) is 0 Å². The van der Waals surface area contributed by atoms with Crippen LogP contribution in [0.15, 0.2) is 0 Å². The molecule has 0 radical (unpaired) electrons. The normalized spacial score (nSPS) is 7.56. The number of hydrogen-bond donors (Lipinski definition) is 2. The maximum atomic E-state index is 8.78. The summed E-state index contributed by atoms with van der Waals surface area (Å²) in [5, 5.41) is 8.06. The maximum Gasteiger partial charge on any atom is 2.00 e. The second-order valence-corrected chi connectivity index (χ2v) is 1.56. The van der Waals surface area contributed by atoms with E-state index < -0.39 is 21.8 Å². The Hall–Kier alpha value is 0.586.